The second-order valence-corrected chi connectivity index (χ2v) is 4.63. The van der Waals surface area contributed by atoms with Crippen LogP contribution >= 0.6 is 24.0 Å². The lowest BCUT2D eigenvalue weighted by Gasteiger charge is -2.09. The van der Waals surface area contributed by atoms with E-state index >= 15 is 0 Å². The standard InChI is InChI=1S/C10H7F3N2S2/c11-10(12,13)5-1-2-6(7(14)3-5)9-15-8(16)4-17-9/h1-4,16H,14H2. The monoisotopic (exact) mass is 276 g/mol. The van der Waals surface area contributed by atoms with Crippen molar-refractivity contribution in [1.29, 1.82) is 0 Å². The second kappa shape index (κ2) is 4.23. The van der Waals surface area contributed by atoms with E-state index in [1.807, 2.05) is 0 Å². The van der Waals surface area contributed by atoms with Crippen molar-refractivity contribution in [3.63, 3.8) is 0 Å². The average molecular weight is 276 g/mol. The molecule has 0 aliphatic rings. The Labute approximate surface area is 105 Å². The van der Waals surface area contributed by atoms with Gasteiger partial charge in [0.15, 0.2) is 0 Å². The van der Waals surface area contributed by atoms with Gasteiger partial charge in [0.1, 0.15) is 10.0 Å². The minimum absolute atomic E-state index is 0.0579. The molecule has 2 rings (SSSR count). The summed E-state index contributed by atoms with van der Waals surface area (Å²) in [6.07, 6.45) is -4.38. The summed E-state index contributed by atoms with van der Waals surface area (Å²) in [7, 11) is 0. The molecule has 0 saturated heterocycles. The van der Waals surface area contributed by atoms with E-state index in [0.29, 0.717) is 15.6 Å². The van der Waals surface area contributed by atoms with Gasteiger partial charge in [0, 0.05) is 16.6 Å². The number of nitrogens with zero attached hydrogens (tertiary/aromatic N) is 1. The summed E-state index contributed by atoms with van der Waals surface area (Å²) in [5.41, 5.74) is 5.39. The number of hydrogen-bond acceptors (Lipinski definition) is 4. The van der Waals surface area contributed by atoms with Crippen LogP contribution in [0.2, 0.25) is 0 Å². The highest BCUT2D eigenvalue weighted by Gasteiger charge is 2.30. The molecule has 1 heterocycles. The summed E-state index contributed by atoms with van der Waals surface area (Å²) in [6.45, 7) is 0. The van der Waals surface area contributed by atoms with Crippen molar-refractivity contribution >= 4 is 29.7 Å². The van der Waals surface area contributed by atoms with E-state index in [1.54, 1.807) is 5.38 Å². The number of alkyl halides is 3. The number of halogens is 3. The lowest BCUT2D eigenvalue weighted by Crippen LogP contribution is -2.05. The van der Waals surface area contributed by atoms with Crippen LogP contribution < -0.4 is 5.73 Å². The van der Waals surface area contributed by atoms with Gasteiger partial charge in [-0.3, -0.25) is 0 Å². The zero-order valence-corrected chi connectivity index (χ0v) is 10.0. The molecule has 0 amide bonds. The molecule has 1 aromatic heterocycles. The van der Waals surface area contributed by atoms with Crippen LogP contribution in [0.25, 0.3) is 10.6 Å². The fourth-order valence-corrected chi connectivity index (χ4v) is 2.38. The minimum Gasteiger partial charge on any atom is -0.398 e. The lowest BCUT2D eigenvalue weighted by atomic mass is 10.1. The van der Waals surface area contributed by atoms with Gasteiger partial charge in [-0.1, -0.05) is 0 Å². The van der Waals surface area contributed by atoms with Crippen LogP contribution in [0.15, 0.2) is 28.6 Å². The summed E-state index contributed by atoms with van der Waals surface area (Å²) in [4.78, 5) is 4.06. The zero-order valence-electron chi connectivity index (χ0n) is 8.32. The van der Waals surface area contributed by atoms with E-state index in [2.05, 4.69) is 17.6 Å². The number of nitrogen functional groups attached to an aromatic ring is 1. The molecule has 0 aliphatic carbocycles. The van der Waals surface area contributed by atoms with Crippen LogP contribution in [0.3, 0.4) is 0 Å². The molecule has 2 N–H and O–H groups in total. The number of benzene rings is 1. The van der Waals surface area contributed by atoms with Gasteiger partial charge in [0.05, 0.1) is 5.56 Å². The minimum atomic E-state index is -4.38. The van der Waals surface area contributed by atoms with Gasteiger partial charge in [0.2, 0.25) is 0 Å². The van der Waals surface area contributed by atoms with Crippen LogP contribution in [-0.2, 0) is 6.18 Å². The first-order chi connectivity index (χ1) is 7.88. The predicted octanol–water partition coefficient (Wildman–Crippen LogP) is 3.70. The Morgan fingerprint density at radius 1 is 1.29 bits per heavy atom. The Morgan fingerprint density at radius 3 is 2.47 bits per heavy atom. The van der Waals surface area contributed by atoms with Gasteiger partial charge in [0.25, 0.3) is 0 Å². The van der Waals surface area contributed by atoms with E-state index in [1.165, 1.54) is 17.4 Å². The molecular formula is C10H7F3N2S2. The van der Waals surface area contributed by atoms with Crippen LogP contribution in [0.4, 0.5) is 18.9 Å². The summed E-state index contributed by atoms with van der Waals surface area (Å²) in [5, 5.41) is 2.76. The van der Waals surface area contributed by atoms with Crippen molar-refractivity contribution in [2.24, 2.45) is 0 Å². The van der Waals surface area contributed by atoms with Gasteiger partial charge >= 0.3 is 6.18 Å². The third kappa shape index (κ3) is 2.55. The number of thiol groups is 1. The Bertz CT molecular complexity index is 549. The largest absolute Gasteiger partial charge is 0.416 e. The average Bonchev–Trinajstić information content (AvgIpc) is 2.63. The topological polar surface area (TPSA) is 38.9 Å². The number of thiazole rings is 1. The smallest absolute Gasteiger partial charge is 0.398 e. The number of rotatable bonds is 1. The number of hydrogen-bond donors (Lipinski definition) is 2. The summed E-state index contributed by atoms with van der Waals surface area (Å²) < 4.78 is 37.3. The third-order valence-corrected chi connectivity index (χ3v) is 3.38. The third-order valence-electron chi connectivity index (χ3n) is 2.10. The van der Waals surface area contributed by atoms with Crippen molar-refractivity contribution < 1.29 is 13.2 Å². The summed E-state index contributed by atoms with van der Waals surface area (Å²) in [6, 6.07) is 3.23. The molecule has 17 heavy (non-hydrogen) atoms. The van der Waals surface area contributed by atoms with E-state index in [4.69, 9.17) is 5.73 Å². The van der Waals surface area contributed by atoms with Gasteiger partial charge in [-0.05, 0) is 18.2 Å². The zero-order chi connectivity index (χ0) is 12.6. The second-order valence-electron chi connectivity index (χ2n) is 3.31. The molecule has 0 atom stereocenters. The molecule has 2 aromatic rings. The lowest BCUT2D eigenvalue weighted by molar-refractivity contribution is -0.137. The molecule has 0 aliphatic heterocycles. The fourth-order valence-electron chi connectivity index (χ4n) is 1.32. The highest BCUT2D eigenvalue weighted by molar-refractivity contribution is 7.80. The normalized spacial score (nSPS) is 11.8. The van der Waals surface area contributed by atoms with E-state index in [9.17, 15) is 13.2 Å². The predicted molar refractivity (Wildman–Crippen MR) is 64.2 cm³/mol. The molecule has 0 bridgehead atoms. The SMILES string of the molecule is Nc1cc(C(F)(F)F)ccc1-c1nc(S)cs1. The van der Waals surface area contributed by atoms with E-state index in [-0.39, 0.29) is 5.69 Å². The van der Waals surface area contributed by atoms with Crippen molar-refractivity contribution in [1.82, 2.24) is 4.98 Å². The van der Waals surface area contributed by atoms with Crippen LogP contribution in [-0.4, -0.2) is 4.98 Å². The maximum Gasteiger partial charge on any atom is 0.416 e. The Balaban J connectivity index is 2.45. The van der Waals surface area contributed by atoms with Crippen LogP contribution in [0.5, 0.6) is 0 Å². The first-order valence-electron chi connectivity index (χ1n) is 4.49. The van der Waals surface area contributed by atoms with Gasteiger partial charge in [-0.25, -0.2) is 4.98 Å². The molecular weight excluding hydrogens is 269 g/mol. The molecule has 0 fully saturated rings. The first-order valence-corrected chi connectivity index (χ1v) is 5.82. The Hall–Kier alpha value is -1.21. The molecule has 0 saturated carbocycles. The van der Waals surface area contributed by atoms with E-state index in [0.717, 1.165) is 12.1 Å². The van der Waals surface area contributed by atoms with Crippen molar-refractivity contribution in [3.8, 4) is 10.6 Å². The summed E-state index contributed by atoms with van der Waals surface area (Å²) >= 11 is 5.32. The van der Waals surface area contributed by atoms with Crippen LogP contribution in [0.1, 0.15) is 5.56 Å². The van der Waals surface area contributed by atoms with Crippen molar-refractivity contribution in [2.75, 3.05) is 5.73 Å². The maximum atomic E-state index is 12.4. The highest BCUT2D eigenvalue weighted by atomic mass is 32.1. The van der Waals surface area contributed by atoms with Crippen molar-refractivity contribution in [3.05, 3.63) is 29.1 Å². The number of nitrogens with two attached hydrogens (primary N) is 1. The Morgan fingerprint density at radius 2 is 2.00 bits per heavy atom. The van der Waals surface area contributed by atoms with Gasteiger partial charge in [-0.15, -0.1) is 24.0 Å². The van der Waals surface area contributed by atoms with E-state index < -0.39 is 11.7 Å². The number of aromatic nitrogens is 1. The molecule has 90 valence electrons. The maximum absolute atomic E-state index is 12.4. The fraction of sp³-hybridized carbons (Fsp3) is 0.100. The van der Waals surface area contributed by atoms with Gasteiger partial charge < -0.3 is 5.73 Å². The quantitative estimate of drug-likeness (QED) is 0.615. The molecule has 7 heteroatoms. The molecule has 2 nitrogen and oxygen atoms in total. The molecule has 1 aromatic carbocycles. The van der Waals surface area contributed by atoms with Gasteiger partial charge in [-0.2, -0.15) is 13.2 Å². The van der Waals surface area contributed by atoms with Crippen LogP contribution in [0, 0.1) is 0 Å². The highest BCUT2D eigenvalue weighted by Crippen LogP contribution is 2.35. The first kappa shape index (κ1) is 12.3. The Kier molecular flexibility index (Phi) is 3.05. The summed E-state index contributed by atoms with van der Waals surface area (Å²) in [5.74, 6) is 0. The molecule has 0 unspecified atom stereocenters. The molecule has 0 spiro atoms. The number of anilines is 1. The molecule has 0 radical (unpaired) electrons. The van der Waals surface area contributed by atoms with Crippen molar-refractivity contribution in [2.45, 2.75) is 11.2 Å².